The first-order valence-corrected chi connectivity index (χ1v) is 9.44. The van der Waals surface area contributed by atoms with Crippen LogP contribution in [0.1, 0.15) is 44.4 Å². The van der Waals surface area contributed by atoms with Crippen molar-refractivity contribution in [2.24, 2.45) is 5.41 Å². The van der Waals surface area contributed by atoms with Gasteiger partial charge in [-0.15, -0.1) is 11.3 Å². The maximum absolute atomic E-state index is 12.5. The van der Waals surface area contributed by atoms with Gasteiger partial charge in [-0.3, -0.25) is 0 Å². The molecule has 1 aromatic heterocycles. The molecule has 6 heteroatoms. The Morgan fingerprint density at radius 2 is 2.00 bits per heavy atom. The molecule has 1 aromatic rings. The molecule has 1 heterocycles. The highest BCUT2D eigenvalue weighted by atomic mass is 32.2. The monoisotopic (exact) mass is 316 g/mol. The summed E-state index contributed by atoms with van der Waals surface area (Å²) in [5.41, 5.74) is 0.349. The lowest BCUT2D eigenvalue weighted by atomic mass is 9.76. The van der Waals surface area contributed by atoms with Crippen molar-refractivity contribution < 1.29 is 8.42 Å². The van der Waals surface area contributed by atoms with Gasteiger partial charge >= 0.3 is 0 Å². The average Bonchev–Trinajstić information content (AvgIpc) is 2.81. The van der Waals surface area contributed by atoms with E-state index in [-0.39, 0.29) is 6.04 Å². The van der Waals surface area contributed by atoms with Crippen LogP contribution in [0.25, 0.3) is 0 Å². The van der Waals surface area contributed by atoms with Crippen molar-refractivity contribution in [3.8, 4) is 0 Å². The topological polar surface area (TPSA) is 58.2 Å². The van der Waals surface area contributed by atoms with Gasteiger partial charge in [0.15, 0.2) is 0 Å². The van der Waals surface area contributed by atoms with E-state index in [2.05, 4.69) is 23.9 Å². The van der Waals surface area contributed by atoms with E-state index in [0.29, 0.717) is 16.9 Å². The van der Waals surface area contributed by atoms with Crippen molar-refractivity contribution in [2.75, 3.05) is 7.05 Å². The van der Waals surface area contributed by atoms with Crippen molar-refractivity contribution in [2.45, 2.75) is 57.0 Å². The molecule has 0 aliphatic heterocycles. The van der Waals surface area contributed by atoms with Crippen LogP contribution in [-0.4, -0.2) is 21.5 Å². The number of sulfonamides is 1. The lowest BCUT2D eigenvalue weighted by molar-refractivity contribution is 0.218. The highest BCUT2D eigenvalue weighted by molar-refractivity contribution is 7.89. The summed E-state index contributed by atoms with van der Waals surface area (Å²) in [5.74, 6) is 0. The maximum Gasteiger partial charge on any atom is 0.241 e. The van der Waals surface area contributed by atoms with Gasteiger partial charge in [0.25, 0.3) is 0 Å². The molecule has 0 spiro atoms. The maximum atomic E-state index is 12.5. The van der Waals surface area contributed by atoms with Crippen molar-refractivity contribution in [3.05, 3.63) is 16.3 Å². The Bertz CT molecular complexity index is 539. The van der Waals surface area contributed by atoms with E-state index in [1.807, 2.05) is 12.4 Å². The number of hydrogen-bond acceptors (Lipinski definition) is 4. The first-order chi connectivity index (χ1) is 9.34. The third-order valence-electron chi connectivity index (χ3n) is 3.99. The molecule has 0 amide bonds. The highest BCUT2D eigenvalue weighted by Gasteiger charge is 2.30. The summed E-state index contributed by atoms with van der Waals surface area (Å²) >= 11 is 1.48. The van der Waals surface area contributed by atoms with Crippen molar-refractivity contribution >= 4 is 21.4 Å². The smallest absolute Gasteiger partial charge is 0.241 e. The van der Waals surface area contributed by atoms with Gasteiger partial charge in [-0.25, -0.2) is 13.1 Å². The average molecular weight is 316 g/mol. The first kappa shape index (κ1) is 15.9. The van der Waals surface area contributed by atoms with Crippen LogP contribution in [-0.2, 0) is 16.6 Å². The molecule has 1 aliphatic rings. The highest BCUT2D eigenvalue weighted by Crippen LogP contribution is 2.35. The predicted octanol–water partition coefficient (Wildman–Crippen LogP) is 2.71. The van der Waals surface area contributed by atoms with Crippen LogP contribution in [0, 0.1) is 5.41 Å². The van der Waals surface area contributed by atoms with Crippen LogP contribution in [0.5, 0.6) is 0 Å². The molecule has 1 saturated carbocycles. The molecular weight excluding hydrogens is 292 g/mol. The fraction of sp³-hybridized carbons (Fsp3) is 0.714. The number of nitrogens with one attached hydrogen (secondary N) is 2. The van der Waals surface area contributed by atoms with Crippen molar-refractivity contribution in [1.29, 1.82) is 0 Å². The Balaban J connectivity index is 2.06. The van der Waals surface area contributed by atoms with Gasteiger partial charge < -0.3 is 5.32 Å². The molecule has 2 rings (SSSR count). The fourth-order valence-corrected chi connectivity index (χ4v) is 5.42. The van der Waals surface area contributed by atoms with Crippen LogP contribution in [0.4, 0.5) is 0 Å². The minimum atomic E-state index is -3.39. The zero-order valence-electron chi connectivity index (χ0n) is 12.4. The van der Waals surface area contributed by atoms with Crippen molar-refractivity contribution in [3.63, 3.8) is 0 Å². The molecule has 0 bridgehead atoms. The van der Waals surface area contributed by atoms with E-state index in [0.717, 1.165) is 30.6 Å². The van der Waals surface area contributed by atoms with Crippen molar-refractivity contribution in [1.82, 2.24) is 10.0 Å². The van der Waals surface area contributed by atoms with E-state index in [1.165, 1.54) is 11.3 Å². The molecule has 0 aromatic carbocycles. The molecule has 0 saturated heterocycles. The Hall–Kier alpha value is -0.430. The number of hydrogen-bond donors (Lipinski definition) is 2. The van der Waals surface area contributed by atoms with Crippen LogP contribution < -0.4 is 10.0 Å². The van der Waals surface area contributed by atoms with Gasteiger partial charge in [-0.1, -0.05) is 13.8 Å². The number of thiophene rings is 1. The second kappa shape index (κ2) is 6.13. The second-order valence-electron chi connectivity index (χ2n) is 6.30. The van der Waals surface area contributed by atoms with Crippen LogP contribution in [0.2, 0.25) is 0 Å². The third kappa shape index (κ3) is 3.81. The van der Waals surface area contributed by atoms with Gasteiger partial charge in [0, 0.05) is 17.5 Å². The summed E-state index contributed by atoms with van der Waals surface area (Å²) in [6, 6.07) is 1.78. The SMILES string of the molecule is CNCc1sccc1S(=O)(=O)NC1CCC(C)(C)CC1. The second-order valence-corrected chi connectivity index (χ2v) is 8.98. The van der Waals surface area contributed by atoms with E-state index in [1.54, 1.807) is 6.07 Å². The zero-order valence-corrected chi connectivity index (χ0v) is 14.0. The summed E-state index contributed by atoms with van der Waals surface area (Å²) in [5, 5.41) is 4.85. The van der Waals surface area contributed by atoms with Crippen LogP contribution in [0.3, 0.4) is 0 Å². The van der Waals surface area contributed by atoms with Gasteiger partial charge in [-0.2, -0.15) is 0 Å². The first-order valence-electron chi connectivity index (χ1n) is 7.07. The quantitative estimate of drug-likeness (QED) is 0.878. The molecule has 1 aliphatic carbocycles. The molecule has 20 heavy (non-hydrogen) atoms. The van der Waals surface area contributed by atoms with Crippen LogP contribution in [0.15, 0.2) is 16.3 Å². The molecule has 0 radical (unpaired) electrons. The normalized spacial score (nSPS) is 20.1. The van der Waals surface area contributed by atoms with E-state index in [4.69, 9.17) is 0 Å². The third-order valence-corrected chi connectivity index (χ3v) is 6.65. The molecule has 0 atom stereocenters. The lowest BCUT2D eigenvalue weighted by Gasteiger charge is -2.34. The predicted molar refractivity (Wildman–Crippen MR) is 83.4 cm³/mol. The minimum Gasteiger partial charge on any atom is -0.315 e. The van der Waals surface area contributed by atoms with Gasteiger partial charge in [0.1, 0.15) is 0 Å². The van der Waals surface area contributed by atoms with Gasteiger partial charge in [-0.05, 0) is 49.6 Å². The summed E-state index contributed by atoms with van der Waals surface area (Å²) in [6.45, 7) is 5.09. The zero-order chi connectivity index (χ0) is 14.8. The fourth-order valence-electron chi connectivity index (χ4n) is 2.66. The molecule has 2 N–H and O–H groups in total. The summed E-state index contributed by atoms with van der Waals surface area (Å²) in [7, 11) is -1.56. The Morgan fingerprint density at radius 1 is 1.35 bits per heavy atom. The molecule has 1 fully saturated rings. The van der Waals surface area contributed by atoms with E-state index < -0.39 is 10.0 Å². The summed E-state index contributed by atoms with van der Waals surface area (Å²) in [6.07, 6.45) is 4.01. The van der Waals surface area contributed by atoms with Gasteiger partial charge in [0.2, 0.25) is 10.0 Å². The molecule has 4 nitrogen and oxygen atoms in total. The molecule has 0 unspecified atom stereocenters. The minimum absolute atomic E-state index is 0.0790. The van der Waals surface area contributed by atoms with Crippen LogP contribution >= 0.6 is 11.3 Å². The largest absolute Gasteiger partial charge is 0.315 e. The summed E-state index contributed by atoms with van der Waals surface area (Å²) < 4.78 is 27.9. The summed E-state index contributed by atoms with van der Waals surface area (Å²) in [4.78, 5) is 1.30. The van der Waals surface area contributed by atoms with E-state index in [9.17, 15) is 8.42 Å². The number of rotatable bonds is 5. The lowest BCUT2D eigenvalue weighted by Crippen LogP contribution is -2.39. The van der Waals surface area contributed by atoms with E-state index >= 15 is 0 Å². The Labute approximate surface area is 126 Å². The Kier molecular flexibility index (Phi) is 4.89. The molecule has 114 valence electrons. The molecular formula is C14H24N2O2S2. The standard InChI is InChI=1S/C14H24N2O2S2/c1-14(2)7-4-11(5-8-14)16-20(17,18)13-6-9-19-12(13)10-15-3/h6,9,11,15-16H,4-5,7-8,10H2,1-3H3. The Morgan fingerprint density at radius 3 is 2.60 bits per heavy atom. The van der Waals surface area contributed by atoms with Gasteiger partial charge in [0.05, 0.1) is 4.90 Å².